The molecular weight excluding hydrogens is 564 g/mol. The molecule has 4 amide bonds. The summed E-state index contributed by atoms with van der Waals surface area (Å²) in [4.78, 5) is 57.1. The number of anilines is 3. The second-order valence-electron chi connectivity index (χ2n) is 10.3. The van der Waals surface area contributed by atoms with Gasteiger partial charge < -0.3 is 35.1 Å². The van der Waals surface area contributed by atoms with Crippen molar-refractivity contribution in [2.24, 2.45) is 14.1 Å². The van der Waals surface area contributed by atoms with Gasteiger partial charge in [-0.1, -0.05) is 6.07 Å². The van der Waals surface area contributed by atoms with Crippen LogP contribution in [0.15, 0.2) is 73.2 Å². The first kappa shape index (κ1) is 30.2. The summed E-state index contributed by atoms with van der Waals surface area (Å²) >= 11 is 0. The lowest BCUT2D eigenvalue weighted by molar-refractivity contribution is 0.0383. The van der Waals surface area contributed by atoms with Gasteiger partial charge in [-0.25, -0.2) is 0 Å². The van der Waals surface area contributed by atoms with E-state index in [1.807, 2.05) is 0 Å². The van der Waals surface area contributed by atoms with Gasteiger partial charge in [-0.2, -0.15) is 0 Å². The van der Waals surface area contributed by atoms with E-state index < -0.39 is 0 Å². The smallest absolute Gasteiger partial charge is 0.274 e. The second-order valence-corrected chi connectivity index (χ2v) is 10.3. The second kappa shape index (κ2) is 13.8. The number of benzene rings is 1. The molecule has 4 heterocycles. The summed E-state index contributed by atoms with van der Waals surface area (Å²) in [7, 11) is 3.44. The Morgan fingerprint density at radius 1 is 0.750 bits per heavy atom. The van der Waals surface area contributed by atoms with Gasteiger partial charge in [0.2, 0.25) is 0 Å². The van der Waals surface area contributed by atoms with Gasteiger partial charge in [-0.05, 0) is 48.5 Å². The third kappa shape index (κ3) is 7.56. The molecule has 1 saturated heterocycles. The SMILES string of the molecule is Cn1cc(NC(=O)c2ccc(NC(=O)c3cc(NC(=O)c4ccccn4)cn3C)cc2)cc1C(=O)NCCN1CCOCC1. The summed E-state index contributed by atoms with van der Waals surface area (Å²) in [6, 6.07) is 14.7. The Bertz CT molecular complexity index is 1640. The first-order valence-corrected chi connectivity index (χ1v) is 14.1. The summed E-state index contributed by atoms with van der Waals surface area (Å²) < 4.78 is 8.61. The summed E-state index contributed by atoms with van der Waals surface area (Å²) in [5.41, 5.74) is 2.83. The van der Waals surface area contributed by atoms with Gasteiger partial charge in [0.05, 0.1) is 24.6 Å². The number of hydrogen-bond donors (Lipinski definition) is 4. The van der Waals surface area contributed by atoms with Crippen LogP contribution in [0, 0.1) is 0 Å². The van der Waals surface area contributed by atoms with E-state index >= 15 is 0 Å². The summed E-state index contributed by atoms with van der Waals surface area (Å²) in [6.45, 7) is 4.38. The monoisotopic (exact) mass is 598 g/mol. The van der Waals surface area contributed by atoms with Crippen molar-refractivity contribution in [2.45, 2.75) is 0 Å². The molecule has 1 aliphatic rings. The number of rotatable bonds is 10. The molecule has 3 aromatic heterocycles. The van der Waals surface area contributed by atoms with Crippen molar-refractivity contribution in [1.82, 2.24) is 24.3 Å². The predicted molar refractivity (Wildman–Crippen MR) is 165 cm³/mol. The minimum absolute atomic E-state index is 0.220. The highest BCUT2D eigenvalue weighted by atomic mass is 16.5. The van der Waals surface area contributed by atoms with Crippen molar-refractivity contribution in [1.29, 1.82) is 0 Å². The highest BCUT2D eigenvalue weighted by Crippen LogP contribution is 2.18. The van der Waals surface area contributed by atoms with Gasteiger partial charge in [0.1, 0.15) is 17.1 Å². The molecule has 0 unspecified atom stereocenters. The lowest BCUT2D eigenvalue weighted by Crippen LogP contribution is -2.41. The van der Waals surface area contributed by atoms with Crippen molar-refractivity contribution >= 4 is 40.7 Å². The molecule has 0 spiro atoms. The lowest BCUT2D eigenvalue weighted by Gasteiger charge is -2.26. The van der Waals surface area contributed by atoms with Crippen LogP contribution in [0.4, 0.5) is 17.1 Å². The Balaban J connectivity index is 1.13. The van der Waals surface area contributed by atoms with Crippen molar-refractivity contribution in [2.75, 3.05) is 55.3 Å². The number of nitrogens with zero attached hydrogens (tertiary/aromatic N) is 4. The van der Waals surface area contributed by atoms with E-state index in [4.69, 9.17) is 4.74 Å². The number of pyridine rings is 1. The van der Waals surface area contributed by atoms with Crippen molar-refractivity contribution < 1.29 is 23.9 Å². The maximum Gasteiger partial charge on any atom is 0.274 e. The average Bonchev–Trinajstić information content (AvgIpc) is 3.59. The van der Waals surface area contributed by atoms with Crippen LogP contribution in [0.5, 0.6) is 0 Å². The Kier molecular flexibility index (Phi) is 9.47. The molecule has 44 heavy (non-hydrogen) atoms. The van der Waals surface area contributed by atoms with Crippen LogP contribution in [0.25, 0.3) is 0 Å². The highest BCUT2D eigenvalue weighted by Gasteiger charge is 2.17. The predicted octanol–water partition coefficient (Wildman–Crippen LogP) is 2.58. The molecule has 228 valence electrons. The van der Waals surface area contributed by atoms with Crippen LogP contribution in [0.2, 0.25) is 0 Å². The number of amides is 4. The standard InChI is InChI=1S/C31H34N8O5/c1-37-19-23(17-26(37)30(42)33-11-12-39-13-15-44-16-14-39)35-28(40)21-6-8-22(9-7-21)34-31(43)27-18-24(20-38(27)2)36-29(41)25-5-3-4-10-32-25/h3-10,17-20H,11-16H2,1-2H3,(H,33,42)(H,34,43)(H,35,40)(H,36,41). The van der Waals surface area contributed by atoms with Gasteiger partial charge >= 0.3 is 0 Å². The molecule has 4 N–H and O–H groups in total. The summed E-state index contributed by atoms with van der Waals surface area (Å²) in [5.74, 6) is -1.35. The minimum atomic E-state index is -0.386. The van der Waals surface area contributed by atoms with Gasteiger partial charge in [-0.15, -0.1) is 0 Å². The normalized spacial score (nSPS) is 13.2. The fourth-order valence-corrected chi connectivity index (χ4v) is 4.76. The molecule has 13 nitrogen and oxygen atoms in total. The van der Waals surface area contributed by atoms with E-state index in [1.54, 1.807) is 90.2 Å². The van der Waals surface area contributed by atoms with Crippen LogP contribution in [0.3, 0.4) is 0 Å². The van der Waals surface area contributed by atoms with Crippen molar-refractivity contribution in [3.63, 3.8) is 0 Å². The summed E-state index contributed by atoms with van der Waals surface area (Å²) in [6.07, 6.45) is 4.84. The Labute approximate surface area is 254 Å². The number of aryl methyl sites for hydroxylation is 2. The Hall–Kier alpha value is -5.27. The van der Waals surface area contributed by atoms with Gasteiger partial charge in [0.15, 0.2) is 0 Å². The highest BCUT2D eigenvalue weighted by molar-refractivity contribution is 6.08. The number of morpholine rings is 1. The van der Waals surface area contributed by atoms with E-state index in [-0.39, 0.29) is 29.3 Å². The first-order chi connectivity index (χ1) is 21.3. The van der Waals surface area contributed by atoms with Crippen LogP contribution in [0.1, 0.15) is 41.8 Å². The third-order valence-electron chi connectivity index (χ3n) is 7.11. The molecule has 1 fully saturated rings. The Morgan fingerprint density at radius 3 is 2.00 bits per heavy atom. The van der Waals surface area contributed by atoms with Gasteiger partial charge in [-0.3, -0.25) is 29.1 Å². The zero-order valence-corrected chi connectivity index (χ0v) is 24.5. The van der Waals surface area contributed by atoms with Gasteiger partial charge in [0, 0.05) is 70.1 Å². The van der Waals surface area contributed by atoms with Crippen LogP contribution in [-0.4, -0.2) is 82.0 Å². The number of nitrogens with one attached hydrogen (secondary N) is 4. The van der Waals surface area contributed by atoms with Crippen molar-refractivity contribution in [3.8, 4) is 0 Å². The molecule has 1 aromatic carbocycles. The number of hydrogen-bond acceptors (Lipinski definition) is 7. The minimum Gasteiger partial charge on any atom is -0.379 e. The molecule has 0 radical (unpaired) electrons. The largest absolute Gasteiger partial charge is 0.379 e. The lowest BCUT2D eigenvalue weighted by atomic mass is 10.2. The van der Waals surface area contributed by atoms with Crippen LogP contribution in [-0.2, 0) is 18.8 Å². The fraction of sp³-hybridized carbons (Fsp3) is 0.258. The zero-order chi connectivity index (χ0) is 31.1. The molecule has 0 atom stereocenters. The van der Waals surface area contributed by atoms with E-state index in [0.717, 1.165) is 19.6 Å². The van der Waals surface area contributed by atoms with E-state index in [1.165, 1.54) is 6.20 Å². The molecule has 0 bridgehead atoms. The average molecular weight is 599 g/mol. The number of carbonyl (C=O) groups is 4. The third-order valence-corrected chi connectivity index (χ3v) is 7.11. The fourth-order valence-electron chi connectivity index (χ4n) is 4.76. The molecule has 5 rings (SSSR count). The Morgan fingerprint density at radius 2 is 1.36 bits per heavy atom. The topological polar surface area (TPSA) is 152 Å². The molecule has 0 saturated carbocycles. The zero-order valence-electron chi connectivity index (χ0n) is 24.5. The van der Waals surface area contributed by atoms with E-state index in [9.17, 15) is 19.2 Å². The first-order valence-electron chi connectivity index (χ1n) is 14.1. The molecular formula is C31H34N8O5. The number of carbonyl (C=O) groups excluding carboxylic acids is 4. The molecule has 1 aliphatic heterocycles. The van der Waals surface area contributed by atoms with E-state index in [2.05, 4.69) is 31.2 Å². The summed E-state index contributed by atoms with van der Waals surface area (Å²) in [5, 5.41) is 11.3. The van der Waals surface area contributed by atoms with Gasteiger partial charge in [0.25, 0.3) is 23.6 Å². The van der Waals surface area contributed by atoms with Crippen LogP contribution >= 0.6 is 0 Å². The molecule has 13 heteroatoms. The van der Waals surface area contributed by atoms with Crippen molar-refractivity contribution in [3.05, 3.63) is 95.8 Å². The van der Waals surface area contributed by atoms with Crippen LogP contribution < -0.4 is 21.3 Å². The number of aromatic nitrogens is 3. The quantitative estimate of drug-likeness (QED) is 0.219. The number of ether oxygens (including phenoxy) is 1. The maximum absolute atomic E-state index is 12.9. The maximum atomic E-state index is 12.9. The molecule has 4 aromatic rings. The van der Waals surface area contributed by atoms with E-state index in [0.29, 0.717) is 53.8 Å². The molecule has 0 aliphatic carbocycles.